The van der Waals surface area contributed by atoms with E-state index in [4.69, 9.17) is 0 Å². The van der Waals surface area contributed by atoms with Crippen LogP contribution in [0.3, 0.4) is 0 Å². The number of aryl methyl sites for hydroxylation is 1. The number of nitrogens with zero attached hydrogens (tertiary/aromatic N) is 2. The van der Waals surface area contributed by atoms with E-state index < -0.39 is 0 Å². The fourth-order valence-corrected chi connectivity index (χ4v) is 4.55. The van der Waals surface area contributed by atoms with Crippen molar-refractivity contribution in [3.63, 3.8) is 0 Å². The van der Waals surface area contributed by atoms with Gasteiger partial charge in [0, 0.05) is 23.9 Å². The zero-order chi connectivity index (χ0) is 20.8. The maximum Gasteiger partial charge on any atom is 0.242 e. The zero-order valence-electron chi connectivity index (χ0n) is 17.8. The normalized spacial score (nSPS) is 13.9. The monoisotopic (exact) mass is 412 g/mol. The maximum absolute atomic E-state index is 13.3. The number of carbonyl (C=O) groups is 2. The third-order valence-corrected chi connectivity index (χ3v) is 6.56. The minimum Gasteiger partial charge on any atom is -0.333 e. The standard InChI is InChI=1S/C24H32N2O2S/c1-18(2)14-26(24(28)21-10-7-11-21)17-23(27)25(15-20-8-5-4-6-9-20)16-22-19(3)12-13-29-22/h4-6,8-9,12-13,18,21H,7,10-11,14-17H2,1-3H3. The molecule has 0 atom stereocenters. The van der Waals surface area contributed by atoms with Crippen LogP contribution in [0.2, 0.25) is 0 Å². The summed E-state index contributed by atoms with van der Waals surface area (Å²) < 4.78 is 0. The summed E-state index contributed by atoms with van der Waals surface area (Å²) in [6.45, 7) is 8.24. The highest BCUT2D eigenvalue weighted by molar-refractivity contribution is 7.10. The van der Waals surface area contributed by atoms with E-state index >= 15 is 0 Å². The fourth-order valence-electron chi connectivity index (χ4n) is 3.63. The molecule has 156 valence electrons. The Bertz CT molecular complexity index is 811. The van der Waals surface area contributed by atoms with E-state index in [1.54, 1.807) is 16.2 Å². The van der Waals surface area contributed by atoms with Crippen LogP contribution in [-0.2, 0) is 22.7 Å². The first-order valence-corrected chi connectivity index (χ1v) is 11.5. The van der Waals surface area contributed by atoms with Crippen molar-refractivity contribution >= 4 is 23.2 Å². The van der Waals surface area contributed by atoms with Crippen molar-refractivity contribution in [1.29, 1.82) is 0 Å². The summed E-state index contributed by atoms with van der Waals surface area (Å²) >= 11 is 1.68. The first kappa shape index (κ1) is 21.6. The van der Waals surface area contributed by atoms with Crippen LogP contribution >= 0.6 is 11.3 Å². The number of hydrogen-bond acceptors (Lipinski definition) is 3. The summed E-state index contributed by atoms with van der Waals surface area (Å²) in [6.07, 6.45) is 3.05. The van der Waals surface area contributed by atoms with Crippen molar-refractivity contribution in [3.05, 3.63) is 57.8 Å². The Morgan fingerprint density at radius 1 is 1.07 bits per heavy atom. The molecule has 3 rings (SSSR count). The van der Waals surface area contributed by atoms with Gasteiger partial charge in [-0.25, -0.2) is 0 Å². The van der Waals surface area contributed by atoms with Gasteiger partial charge in [0.2, 0.25) is 11.8 Å². The van der Waals surface area contributed by atoms with Crippen LogP contribution < -0.4 is 0 Å². The van der Waals surface area contributed by atoms with E-state index in [0.717, 1.165) is 24.8 Å². The van der Waals surface area contributed by atoms with Gasteiger partial charge >= 0.3 is 0 Å². The van der Waals surface area contributed by atoms with Crippen LogP contribution in [-0.4, -0.2) is 34.7 Å². The SMILES string of the molecule is Cc1ccsc1CN(Cc1ccccc1)C(=O)CN(CC(C)C)C(=O)C1CCC1. The van der Waals surface area contributed by atoms with Crippen LogP contribution in [0.1, 0.15) is 49.1 Å². The Hall–Kier alpha value is -2.14. The first-order valence-electron chi connectivity index (χ1n) is 10.6. The molecule has 1 heterocycles. The lowest BCUT2D eigenvalue weighted by Crippen LogP contribution is -2.47. The van der Waals surface area contributed by atoms with E-state index in [0.29, 0.717) is 25.6 Å². The average Bonchev–Trinajstić information content (AvgIpc) is 3.04. The van der Waals surface area contributed by atoms with Crippen molar-refractivity contribution in [1.82, 2.24) is 9.80 Å². The molecule has 0 N–H and O–H groups in total. The zero-order valence-corrected chi connectivity index (χ0v) is 18.6. The molecule has 0 unspecified atom stereocenters. The highest BCUT2D eigenvalue weighted by atomic mass is 32.1. The molecule has 1 aliphatic rings. The first-order chi connectivity index (χ1) is 13.9. The number of thiophene rings is 1. The Morgan fingerprint density at radius 2 is 1.79 bits per heavy atom. The van der Waals surface area contributed by atoms with Gasteiger partial charge in [-0.05, 0) is 48.3 Å². The van der Waals surface area contributed by atoms with Gasteiger partial charge in [-0.2, -0.15) is 0 Å². The summed E-state index contributed by atoms with van der Waals surface area (Å²) in [5, 5.41) is 2.07. The molecular weight excluding hydrogens is 380 g/mol. The Labute approximate surface area is 178 Å². The second-order valence-electron chi connectivity index (χ2n) is 8.50. The summed E-state index contributed by atoms with van der Waals surface area (Å²) in [5.41, 5.74) is 2.32. The lowest BCUT2D eigenvalue weighted by Gasteiger charge is -2.34. The molecule has 5 heteroatoms. The maximum atomic E-state index is 13.3. The number of rotatable bonds is 9. The van der Waals surface area contributed by atoms with Gasteiger partial charge in [-0.1, -0.05) is 50.6 Å². The molecule has 1 saturated carbocycles. The van der Waals surface area contributed by atoms with Crippen LogP contribution in [0.5, 0.6) is 0 Å². The summed E-state index contributed by atoms with van der Waals surface area (Å²) in [5.74, 6) is 0.637. The molecule has 1 fully saturated rings. The number of hydrogen-bond donors (Lipinski definition) is 0. The van der Waals surface area contributed by atoms with E-state index in [1.807, 2.05) is 35.2 Å². The minimum atomic E-state index is 0.0231. The molecule has 1 aliphatic carbocycles. The Kier molecular flexibility index (Phi) is 7.48. The number of benzene rings is 1. The summed E-state index contributed by atoms with van der Waals surface area (Å²) in [6, 6.07) is 12.2. The van der Waals surface area contributed by atoms with Crippen molar-refractivity contribution in [3.8, 4) is 0 Å². The van der Waals surface area contributed by atoms with Gasteiger partial charge in [0.05, 0.1) is 13.1 Å². The average molecular weight is 413 g/mol. The van der Waals surface area contributed by atoms with E-state index in [9.17, 15) is 9.59 Å². The van der Waals surface area contributed by atoms with Gasteiger partial charge in [0.1, 0.15) is 0 Å². The van der Waals surface area contributed by atoms with E-state index in [2.05, 4.69) is 32.2 Å². The van der Waals surface area contributed by atoms with Crippen molar-refractivity contribution in [2.75, 3.05) is 13.1 Å². The smallest absolute Gasteiger partial charge is 0.242 e. The summed E-state index contributed by atoms with van der Waals surface area (Å²) in [7, 11) is 0. The Balaban J connectivity index is 1.75. The van der Waals surface area contributed by atoms with Crippen LogP contribution in [0.25, 0.3) is 0 Å². The second kappa shape index (κ2) is 10.1. The highest BCUT2D eigenvalue weighted by Gasteiger charge is 2.31. The largest absolute Gasteiger partial charge is 0.333 e. The molecule has 4 nitrogen and oxygen atoms in total. The van der Waals surface area contributed by atoms with Gasteiger partial charge in [-0.3, -0.25) is 9.59 Å². The van der Waals surface area contributed by atoms with Crippen molar-refractivity contribution in [2.45, 2.75) is 53.1 Å². The molecule has 29 heavy (non-hydrogen) atoms. The van der Waals surface area contributed by atoms with Gasteiger partial charge in [-0.15, -0.1) is 11.3 Å². The quantitative estimate of drug-likeness (QED) is 0.589. The molecule has 0 spiro atoms. The molecular formula is C24H32N2O2S. The third-order valence-electron chi connectivity index (χ3n) is 5.55. The summed E-state index contributed by atoms with van der Waals surface area (Å²) in [4.78, 5) is 31.2. The fraction of sp³-hybridized carbons (Fsp3) is 0.500. The minimum absolute atomic E-state index is 0.0231. The number of carbonyl (C=O) groups excluding carboxylic acids is 2. The molecule has 1 aromatic carbocycles. The lowest BCUT2D eigenvalue weighted by molar-refractivity contribution is -0.145. The molecule has 2 aromatic rings. The third kappa shape index (κ3) is 5.92. The van der Waals surface area contributed by atoms with Crippen molar-refractivity contribution < 1.29 is 9.59 Å². The van der Waals surface area contributed by atoms with Gasteiger partial charge in [0.25, 0.3) is 0 Å². The van der Waals surface area contributed by atoms with Gasteiger partial charge in [0.15, 0.2) is 0 Å². The lowest BCUT2D eigenvalue weighted by atomic mass is 9.84. The van der Waals surface area contributed by atoms with Gasteiger partial charge < -0.3 is 9.80 Å². The van der Waals surface area contributed by atoms with Crippen LogP contribution in [0, 0.1) is 18.8 Å². The van der Waals surface area contributed by atoms with Crippen molar-refractivity contribution in [2.24, 2.45) is 11.8 Å². The molecule has 0 saturated heterocycles. The van der Waals surface area contributed by atoms with E-state index in [-0.39, 0.29) is 24.3 Å². The molecule has 0 aliphatic heterocycles. The molecule has 0 radical (unpaired) electrons. The molecule has 0 bridgehead atoms. The molecule has 1 aromatic heterocycles. The van der Waals surface area contributed by atoms with Crippen LogP contribution in [0.4, 0.5) is 0 Å². The second-order valence-corrected chi connectivity index (χ2v) is 9.50. The predicted octanol–water partition coefficient (Wildman–Crippen LogP) is 4.87. The Morgan fingerprint density at radius 3 is 2.34 bits per heavy atom. The van der Waals surface area contributed by atoms with E-state index in [1.165, 1.54) is 10.4 Å². The van der Waals surface area contributed by atoms with Crippen LogP contribution in [0.15, 0.2) is 41.8 Å². The number of amides is 2. The predicted molar refractivity (Wildman–Crippen MR) is 119 cm³/mol. The molecule has 2 amide bonds. The highest BCUT2D eigenvalue weighted by Crippen LogP contribution is 2.28. The topological polar surface area (TPSA) is 40.6 Å².